The SMILES string of the molecule is CCOc1cc(/C=C(\C#N)C(=O)Nc2cccc(Cl)c2)ccc1OCc1c(C)ccc2ccccc12. The fraction of sp³-hybridized carbons (Fsp3) is 0.133. The average molecular weight is 497 g/mol. The van der Waals surface area contributed by atoms with Crippen LogP contribution in [0.2, 0.25) is 5.02 Å². The summed E-state index contributed by atoms with van der Waals surface area (Å²) in [6.45, 7) is 4.78. The number of carbonyl (C=O) groups is 1. The van der Waals surface area contributed by atoms with Gasteiger partial charge in [-0.2, -0.15) is 5.26 Å². The molecule has 0 spiro atoms. The van der Waals surface area contributed by atoms with Gasteiger partial charge in [0.1, 0.15) is 18.2 Å². The number of hydrogen-bond acceptors (Lipinski definition) is 4. The van der Waals surface area contributed by atoms with Crippen molar-refractivity contribution in [3.63, 3.8) is 0 Å². The minimum Gasteiger partial charge on any atom is -0.490 e. The molecule has 180 valence electrons. The van der Waals surface area contributed by atoms with Crippen LogP contribution in [-0.2, 0) is 11.4 Å². The number of carbonyl (C=O) groups excluding carboxylic acids is 1. The molecule has 4 aromatic rings. The topological polar surface area (TPSA) is 71.3 Å². The number of rotatable bonds is 8. The van der Waals surface area contributed by atoms with E-state index in [0.29, 0.717) is 41.0 Å². The summed E-state index contributed by atoms with van der Waals surface area (Å²) in [4.78, 5) is 12.6. The minimum atomic E-state index is -0.524. The van der Waals surface area contributed by atoms with Gasteiger partial charge in [0.25, 0.3) is 5.91 Å². The molecule has 6 heteroatoms. The highest BCUT2D eigenvalue weighted by atomic mass is 35.5. The maximum atomic E-state index is 12.6. The molecule has 4 aromatic carbocycles. The first-order valence-electron chi connectivity index (χ1n) is 11.5. The van der Waals surface area contributed by atoms with E-state index < -0.39 is 5.91 Å². The summed E-state index contributed by atoms with van der Waals surface area (Å²) in [5, 5.41) is 15.1. The van der Waals surface area contributed by atoms with E-state index in [1.807, 2.05) is 25.1 Å². The molecule has 0 radical (unpaired) electrons. The van der Waals surface area contributed by atoms with Crippen LogP contribution in [0.15, 0.2) is 84.4 Å². The first-order valence-corrected chi connectivity index (χ1v) is 11.9. The highest BCUT2D eigenvalue weighted by Gasteiger charge is 2.13. The largest absolute Gasteiger partial charge is 0.490 e. The second-order valence-corrected chi connectivity index (χ2v) is 8.58. The van der Waals surface area contributed by atoms with E-state index in [-0.39, 0.29) is 5.57 Å². The quantitative estimate of drug-likeness (QED) is 0.205. The Morgan fingerprint density at radius 1 is 1.00 bits per heavy atom. The number of hydrogen-bond donors (Lipinski definition) is 1. The van der Waals surface area contributed by atoms with Crippen LogP contribution in [0.4, 0.5) is 5.69 Å². The third kappa shape index (κ3) is 5.86. The van der Waals surface area contributed by atoms with Crippen LogP contribution in [0.1, 0.15) is 23.6 Å². The Balaban J connectivity index is 1.56. The zero-order valence-corrected chi connectivity index (χ0v) is 20.8. The van der Waals surface area contributed by atoms with Crippen molar-refractivity contribution in [1.82, 2.24) is 0 Å². The second kappa shape index (κ2) is 11.4. The van der Waals surface area contributed by atoms with Gasteiger partial charge < -0.3 is 14.8 Å². The molecule has 36 heavy (non-hydrogen) atoms. The molecule has 0 saturated carbocycles. The number of aryl methyl sites for hydroxylation is 1. The zero-order valence-electron chi connectivity index (χ0n) is 20.0. The summed E-state index contributed by atoms with van der Waals surface area (Å²) >= 11 is 5.98. The van der Waals surface area contributed by atoms with E-state index in [4.69, 9.17) is 21.1 Å². The van der Waals surface area contributed by atoms with Crippen LogP contribution in [0.5, 0.6) is 11.5 Å². The van der Waals surface area contributed by atoms with Crippen molar-refractivity contribution in [1.29, 1.82) is 5.26 Å². The molecule has 0 heterocycles. The predicted octanol–water partition coefficient (Wildman–Crippen LogP) is 7.33. The number of nitriles is 1. The monoisotopic (exact) mass is 496 g/mol. The van der Waals surface area contributed by atoms with Crippen molar-refractivity contribution in [2.45, 2.75) is 20.5 Å². The Morgan fingerprint density at radius 3 is 2.61 bits per heavy atom. The minimum absolute atomic E-state index is 0.0440. The molecule has 0 aliphatic carbocycles. The molecule has 0 aliphatic rings. The highest BCUT2D eigenvalue weighted by Crippen LogP contribution is 2.32. The van der Waals surface area contributed by atoms with Crippen LogP contribution >= 0.6 is 11.6 Å². The van der Waals surface area contributed by atoms with E-state index in [2.05, 4.69) is 36.5 Å². The number of nitrogens with one attached hydrogen (secondary N) is 1. The van der Waals surface area contributed by atoms with Crippen LogP contribution in [0, 0.1) is 18.3 Å². The second-order valence-electron chi connectivity index (χ2n) is 8.14. The summed E-state index contributed by atoms with van der Waals surface area (Å²) in [6, 6.07) is 26.5. The molecule has 0 atom stereocenters. The normalized spacial score (nSPS) is 11.1. The van der Waals surface area contributed by atoms with Gasteiger partial charge in [0.15, 0.2) is 11.5 Å². The molecule has 0 aromatic heterocycles. The Kier molecular flexibility index (Phi) is 7.89. The lowest BCUT2D eigenvalue weighted by molar-refractivity contribution is -0.112. The molecule has 4 rings (SSSR count). The van der Waals surface area contributed by atoms with Gasteiger partial charge in [0.2, 0.25) is 0 Å². The summed E-state index contributed by atoms with van der Waals surface area (Å²) in [7, 11) is 0. The number of fused-ring (bicyclic) bond motifs is 1. The van der Waals surface area contributed by atoms with Gasteiger partial charge in [-0.25, -0.2) is 0 Å². The van der Waals surface area contributed by atoms with Crippen molar-refractivity contribution in [2.24, 2.45) is 0 Å². The molecule has 1 N–H and O–H groups in total. The fourth-order valence-electron chi connectivity index (χ4n) is 3.87. The third-order valence-corrected chi connectivity index (χ3v) is 5.91. The van der Waals surface area contributed by atoms with E-state index in [9.17, 15) is 10.1 Å². The molecule has 0 saturated heterocycles. The molecule has 0 fully saturated rings. The maximum absolute atomic E-state index is 12.6. The smallest absolute Gasteiger partial charge is 0.266 e. The van der Waals surface area contributed by atoms with E-state index in [0.717, 1.165) is 21.9 Å². The van der Waals surface area contributed by atoms with Crippen molar-refractivity contribution < 1.29 is 14.3 Å². The van der Waals surface area contributed by atoms with Crippen molar-refractivity contribution in [2.75, 3.05) is 11.9 Å². The lowest BCUT2D eigenvalue weighted by atomic mass is 10.0. The fourth-order valence-corrected chi connectivity index (χ4v) is 4.06. The predicted molar refractivity (Wildman–Crippen MR) is 144 cm³/mol. The summed E-state index contributed by atoms with van der Waals surface area (Å²) in [5.41, 5.74) is 3.37. The number of amides is 1. The van der Waals surface area contributed by atoms with Crippen LogP contribution < -0.4 is 14.8 Å². The van der Waals surface area contributed by atoms with Gasteiger partial charge in [-0.15, -0.1) is 0 Å². The number of halogens is 1. The lowest BCUT2D eigenvalue weighted by Crippen LogP contribution is -2.13. The van der Waals surface area contributed by atoms with E-state index in [1.54, 1.807) is 42.5 Å². The van der Waals surface area contributed by atoms with Crippen molar-refractivity contribution in [3.05, 3.63) is 106 Å². The Hall–Kier alpha value is -4.27. The van der Waals surface area contributed by atoms with Gasteiger partial charge in [0, 0.05) is 16.3 Å². The molecule has 0 aliphatic heterocycles. The van der Waals surface area contributed by atoms with Crippen molar-refractivity contribution >= 4 is 40.0 Å². The standard InChI is InChI=1S/C30H25ClN2O3/c1-3-35-29-16-21(15-23(18-32)30(34)33-25-9-6-8-24(31)17-25)12-14-28(29)36-19-27-20(2)11-13-22-7-4-5-10-26(22)27/h4-17H,3,19H2,1-2H3,(H,33,34)/b23-15+. The lowest BCUT2D eigenvalue weighted by Gasteiger charge is -2.15. The van der Waals surface area contributed by atoms with Crippen LogP contribution in [-0.4, -0.2) is 12.5 Å². The summed E-state index contributed by atoms with van der Waals surface area (Å²) in [6.07, 6.45) is 1.51. The van der Waals surface area contributed by atoms with Gasteiger partial charge in [-0.1, -0.05) is 60.1 Å². The molecule has 0 unspecified atom stereocenters. The molecular weight excluding hydrogens is 472 g/mol. The van der Waals surface area contributed by atoms with Gasteiger partial charge in [0.05, 0.1) is 6.61 Å². The van der Waals surface area contributed by atoms with Crippen LogP contribution in [0.25, 0.3) is 16.8 Å². The van der Waals surface area contributed by atoms with Gasteiger partial charge in [-0.05, 0) is 72.2 Å². The zero-order chi connectivity index (χ0) is 25.5. The number of benzene rings is 4. The Morgan fingerprint density at radius 2 is 1.83 bits per heavy atom. The van der Waals surface area contributed by atoms with Gasteiger partial charge >= 0.3 is 0 Å². The van der Waals surface area contributed by atoms with Gasteiger partial charge in [-0.3, -0.25) is 4.79 Å². The highest BCUT2D eigenvalue weighted by molar-refractivity contribution is 6.31. The molecule has 5 nitrogen and oxygen atoms in total. The summed E-state index contributed by atoms with van der Waals surface area (Å²) < 4.78 is 12.0. The maximum Gasteiger partial charge on any atom is 0.266 e. The van der Waals surface area contributed by atoms with E-state index >= 15 is 0 Å². The first kappa shape index (κ1) is 24.8. The average Bonchev–Trinajstić information content (AvgIpc) is 2.87. The number of anilines is 1. The molecule has 0 bridgehead atoms. The summed E-state index contributed by atoms with van der Waals surface area (Å²) in [5.74, 6) is 0.601. The number of nitrogens with zero attached hydrogens (tertiary/aromatic N) is 1. The van der Waals surface area contributed by atoms with Crippen LogP contribution in [0.3, 0.4) is 0 Å². The first-order chi connectivity index (χ1) is 17.5. The Bertz CT molecular complexity index is 1490. The molecule has 1 amide bonds. The third-order valence-electron chi connectivity index (χ3n) is 5.67. The van der Waals surface area contributed by atoms with Crippen molar-refractivity contribution in [3.8, 4) is 17.6 Å². The number of ether oxygens (including phenoxy) is 2. The Labute approximate surface area is 215 Å². The van der Waals surface area contributed by atoms with E-state index in [1.165, 1.54) is 6.08 Å². The molecular formula is C30H25ClN2O3.